The fourth-order valence-electron chi connectivity index (χ4n) is 2.98. The topological polar surface area (TPSA) is 24.5 Å². The minimum absolute atomic E-state index is 0.704. The molecule has 0 radical (unpaired) electrons. The van der Waals surface area contributed by atoms with Crippen LogP contribution in [0.25, 0.3) is 0 Å². The highest BCUT2D eigenvalue weighted by Crippen LogP contribution is 2.20. The van der Waals surface area contributed by atoms with Crippen LogP contribution in [0.4, 0.5) is 0 Å². The fourth-order valence-corrected chi connectivity index (χ4v) is 2.98. The molecule has 1 N–H and O–H groups in total. The van der Waals surface area contributed by atoms with Crippen molar-refractivity contribution in [2.24, 2.45) is 5.92 Å². The molecule has 1 unspecified atom stereocenters. The zero-order valence-electron chi connectivity index (χ0n) is 12.2. The Bertz CT molecular complexity index is 379. The highest BCUT2D eigenvalue weighted by atomic mass is 16.5. The predicted octanol–water partition coefficient (Wildman–Crippen LogP) is 2.26. The number of benzene rings is 1. The number of piperidine rings is 1. The van der Waals surface area contributed by atoms with Crippen LogP contribution in [-0.2, 0) is 17.8 Å². The van der Waals surface area contributed by atoms with Gasteiger partial charge in [0.05, 0.1) is 6.61 Å². The number of hydrogen-bond donors (Lipinski definition) is 1. The lowest BCUT2D eigenvalue weighted by Crippen LogP contribution is -2.36. The van der Waals surface area contributed by atoms with E-state index in [-0.39, 0.29) is 0 Å². The van der Waals surface area contributed by atoms with Crippen molar-refractivity contribution in [3.63, 3.8) is 0 Å². The molecule has 1 aromatic rings. The average molecular weight is 262 g/mol. The minimum atomic E-state index is 0.704. The van der Waals surface area contributed by atoms with Gasteiger partial charge in [-0.2, -0.15) is 0 Å². The van der Waals surface area contributed by atoms with E-state index < -0.39 is 0 Å². The van der Waals surface area contributed by atoms with Crippen molar-refractivity contribution in [3.05, 3.63) is 35.4 Å². The van der Waals surface area contributed by atoms with E-state index in [2.05, 4.69) is 34.5 Å². The zero-order valence-corrected chi connectivity index (χ0v) is 12.2. The summed E-state index contributed by atoms with van der Waals surface area (Å²) >= 11 is 0. The Labute approximate surface area is 116 Å². The van der Waals surface area contributed by atoms with Crippen molar-refractivity contribution in [2.75, 3.05) is 33.9 Å². The number of ether oxygens (including phenoxy) is 1. The first-order chi connectivity index (χ1) is 9.33. The Kier molecular flexibility index (Phi) is 5.83. The third-order valence-corrected chi connectivity index (χ3v) is 3.89. The second kappa shape index (κ2) is 7.63. The van der Waals surface area contributed by atoms with E-state index in [9.17, 15) is 0 Å². The Balaban J connectivity index is 1.96. The normalized spacial score (nSPS) is 20.6. The summed E-state index contributed by atoms with van der Waals surface area (Å²) in [5.74, 6) is 0.704. The average Bonchev–Trinajstić information content (AvgIpc) is 2.42. The summed E-state index contributed by atoms with van der Waals surface area (Å²) in [6.07, 6.45) is 2.60. The largest absolute Gasteiger partial charge is 0.384 e. The lowest BCUT2D eigenvalue weighted by Gasteiger charge is -2.32. The van der Waals surface area contributed by atoms with Crippen LogP contribution in [0.1, 0.15) is 24.0 Å². The first-order valence-electron chi connectivity index (χ1n) is 7.26. The molecule has 19 heavy (non-hydrogen) atoms. The lowest BCUT2D eigenvalue weighted by atomic mass is 9.98. The molecule has 1 aliphatic rings. The van der Waals surface area contributed by atoms with E-state index in [0.29, 0.717) is 5.92 Å². The fraction of sp³-hybridized carbons (Fsp3) is 0.625. The van der Waals surface area contributed by atoms with Gasteiger partial charge in [0, 0.05) is 26.7 Å². The van der Waals surface area contributed by atoms with Crippen LogP contribution in [0.3, 0.4) is 0 Å². The van der Waals surface area contributed by atoms with E-state index in [1.807, 2.05) is 7.05 Å². The van der Waals surface area contributed by atoms with Gasteiger partial charge in [-0.05, 0) is 43.5 Å². The third-order valence-electron chi connectivity index (χ3n) is 3.89. The summed E-state index contributed by atoms with van der Waals surface area (Å²) in [5, 5.41) is 3.25. The molecule has 3 heteroatoms. The van der Waals surface area contributed by atoms with Crippen molar-refractivity contribution in [2.45, 2.75) is 25.9 Å². The molecule has 0 aromatic heterocycles. The van der Waals surface area contributed by atoms with Crippen molar-refractivity contribution in [1.29, 1.82) is 0 Å². The van der Waals surface area contributed by atoms with Crippen LogP contribution in [0.15, 0.2) is 24.3 Å². The Morgan fingerprint density at radius 3 is 2.84 bits per heavy atom. The van der Waals surface area contributed by atoms with Crippen molar-refractivity contribution in [1.82, 2.24) is 10.2 Å². The summed E-state index contributed by atoms with van der Waals surface area (Å²) in [4.78, 5) is 2.57. The molecule has 1 saturated heterocycles. The van der Waals surface area contributed by atoms with Gasteiger partial charge in [0.1, 0.15) is 0 Å². The standard InChI is InChI=1S/C16H26N2O/c1-17-10-15-7-3-4-8-16(15)12-18-9-5-6-14(11-18)13-19-2/h3-4,7-8,14,17H,5-6,9-13H2,1-2H3. The van der Waals surface area contributed by atoms with Crippen molar-refractivity contribution >= 4 is 0 Å². The number of rotatable bonds is 6. The van der Waals surface area contributed by atoms with Gasteiger partial charge < -0.3 is 10.1 Å². The summed E-state index contributed by atoms with van der Waals surface area (Å²) in [6.45, 7) is 5.30. The van der Waals surface area contributed by atoms with Gasteiger partial charge in [0.15, 0.2) is 0 Å². The number of methoxy groups -OCH3 is 1. The first kappa shape index (κ1) is 14.5. The van der Waals surface area contributed by atoms with E-state index in [1.165, 1.54) is 37.1 Å². The zero-order chi connectivity index (χ0) is 13.5. The van der Waals surface area contributed by atoms with Gasteiger partial charge in [0.25, 0.3) is 0 Å². The van der Waals surface area contributed by atoms with E-state index in [4.69, 9.17) is 4.74 Å². The Morgan fingerprint density at radius 2 is 2.11 bits per heavy atom. The lowest BCUT2D eigenvalue weighted by molar-refractivity contribution is 0.0872. The number of likely N-dealkylation sites (tertiary alicyclic amines) is 1. The molecule has 0 bridgehead atoms. The second-order valence-electron chi connectivity index (χ2n) is 5.50. The number of nitrogens with zero attached hydrogens (tertiary/aromatic N) is 1. The molecule has 1 aliphatic heterocycles. The minimum Gasteiger partial charge on any atom is -0.384 e. The van der Waals surface area contributed by atoms with Gasteiger partial charge in [-0.15, -0.1) is 0 Å². The van der Waals surface area contributed by atoms with Crippen LogP contribution >= 0.6 is 0 Å². The maximum absolute atomic E-state index is 5.31. The molecule has 0 saturated carbocycles. The molecule has 1 aromatic carbocycles. The number of hydrogen-bond acceptors (Lipinski definition) is 3. The van der Waals surface area contributed by atoms with Gasteiger partial charge in [-0.1, -0.05) is 24.3 Å². The first-order valence-corrected chi connectivity index (χ1v) is 7.26. The second-order valence-corrected chi connectivity index (χ2v) is 5.50. The molecular weight excluding hydrogens is 236 g/mol. The maximum atomic E-state index is 5.31. The van der Waals surface area contributed by atoms with Crippen LogP contribution in [0, 0.1) is 5.92 Å². The third kappa shape index (κ3) is 4.30. The van der Waals surface area contributed by atoms with Gasteiger partial charge in [-0.25, -0.2) is 0 Å². The van der Waals surface area contributed by atoms with Crippen LogP contribution < -0.4 is 5.32 Å². The molecule has 0 spiro atoms. The van der Waals surface area contributed by atoms with Gasteiger partial charge in [0.2, 0.25) is 0 Å². The van der Waals surface area contributed by atoms with Crippen LogP contribution in [0.5, 0.6) is 0 Å². The van der Waals surface area contributed by atoms with E-state index in [0.717, 1.165) is 19.7 Å². The molecule has 1 atom stereocenters. The summed E-state index contributed by atoms with van der Waals surface area (Å²) in [7, 11) is 3.81. The van der Waals surface area contributed by atoms with Gasteiger partial charge >= 0.3 is 0 Å². The summed E-state index contributed by atoms with van der Waals surface area (Å²) in [5.41, 5.74) is 2.87. The van der Waals surface area contributed by atoms with Crippen LogP contribution in [0.2, 0.25) is 0 Å². The van der Waals surface area contributed by atoms with Crippen molar-refractivity contribution < 1.29 is 4.74 Å². The Hall–Kier alpha value is -0.900. The molecule has 0 aliphatic carbocycles. The molecule has 3 nitrogen and oxygen atoms in total. The smallest absolute Gasteiger partial charge is 0.0502 e. The molecule has 106 valence electrons. The van der Waals surface area contributed by atoms with Crippen LogP contribution in [-0.4, -0.2) is 38.8 Å². The van der Waals surface area contributed by atoms with E-state index >= 15 is 0 Å². The van der Waals surface area contributed by atoms with Gasteiger partial charge in [-0.3, -0.25) is 4.90 Å². The highest BCUT2D eigenvalue weighted by Gasteiger charge is 2.20. The monoisotopic (exact) mass is 262 g/mol. The maximum Gasteiger partial charge on any atom is 0.0502 e. The molecule has 1 fully saturated rings. The van der Waals surface area contributed by atoms with E-state index in [1.54, 1.807) is 7.11 Å². The summed E-state index contributed by atoms with van der Waals surface area (Å²) in [6, 6.07) is 8.75. The molecule has 0 amide bonds. The van der Waals surface area contributed by atoms with Crippen molar-refractivity contribution in [3.8, 4) is 0 Å². The highest BCUT2D eigenvalue weighted by molar-refractivity contribution is 5.27. The quantitative estimate of drug-likeness (QED) is 0.851. The molecule has 2 rings (SSSR count). The summed E-state index contributed by atoms with van der Waals surface area (Å²) < 4.78 is 5.31. The Morgan fingerprint density at radius 1 is 1.32 bits per heavy atom. The SMILES string of the molecule is CNCc1ccccc1CN1CCCC(COC)C1. The molecule has 1 heterocycles. The molecular formula is C16H26N2O. The predicted molar refractivity (Wildman–Crippen MR) is 79.1 cm³/mol. The number of nitrogens with one attached hydrogen (secondary N) is 1.